The Kier molecular flexibility index (Phi) is 61.4. The highest BCUT2D eigenvalue weighted by molar-refractivity contribution is 5.76. The third-order valence-electron chi connectivity index (χ3n) is 15.5. The topological polar surface area (TPSA) is 95.9 Å². The lowest BCUT2D eigenvalue weighted by Gasteiger charge is -2.22. The summed E-state index contributed by atoms with van der Waals surface area (Å²) in [5.74, 6) is -0.0372. The number of nitrogens with one attached hydrogen (secondary N) is 1. The summed E-state index contributed by atoms with van der Waals surface area (Å²) in [5.41, 5.74) is 0. The van der Waals surface area contributed by atoms with Gasteiger partial charge in [-0.3, -0.25) is 9.59 Å². The van der Waals surface area contributed by atoms with E-state index < -0.39 is 12.1 Å². The fraction of sp³-hybridized carbons (Fsp3) is 0.910. The van der Waals surface area contributed by atoms with E-state index in [1.807, 2.05) is 0 Å². The Bertz CT molecular complexity index is 1140. The molecule has 432 valence electrons. The summed E-state index contributed by atoms with van der Waals surface area (Å²) in [6.07, 6.45) is 77.7. The Labute approximate surface area is 456 Å². The van der Waals surface area contributed by atoms with Gasteiger partial charge in [0, 0.05) is 12.8 Å². The number of ether oxygens (including phenoxy) is 1. The van der Waals surface area contributed by atoms with Crippen LogP contribution in [0.1, 0.15) is 367 Å². The number of hydrogen-bond donors (Lipinski definition) is 3. The van der Waals surface area contributed by atoms with E-state index >= 15 is 0 Å². The molecule has 0 rings (SSSR count). The standard InChI is InChI=1S/C67H129NO5/c1-3-5-7-9-11-13-15-17-19-21-24-29-33-37-41-45-49-53-57-61-67(72)73-62-58-54-50-46-42-38-34-30-26-23-25-28-32-36-40-44-48-52-56-60-66(71)68-64(63-69)65(70)59-55-51-47-43-39-35-31-27-22-20-18-16-14-12-10-8-6-4-2/h17,19,23,25,64-65,69-70H,3-16,18,20-22,24,26-63H2,1-2H3,(H,68,71)/b19-17-,25-23-. The second-order valence-corrected chi connectivity index (χ2v) is 22.8. The van der Waals surface area contributed by atoms with E-state index in [0.717, 1.165) is 44.9 Å². The number of amides is 1. The number of allylic oxidation sites excluding steroid dienone is 4. The van der Waals surface area contributed by atoms with Crippen LogP contribution in [-0.2, 0) is 14.3 Å². The Morgan fingerprint density at radius 1 is 0.370 bits per heavy atom. The molecule has 0 spiro atoms. The Balaban J connectivity index is 3.42. The monoisotopic (exact) mass is 1030 g/mol. The molecule has 6 nitrogen and oxygen atoms in total. The van der Waals surface area contributed by atoms with Gasteiger partial charge in [-0.15, -0.1) is 0 Å². The first-order valence-electron chi connectivity index (χ1n) is 33.1. The van der Waals surface area contributed by atoms with Crippen LogP contribution in [0.2, 0.25) is 0 Å². The van der Waals surface area contributed by atoms with Crippen molar-refractivity contribution >= 4 is 11.9 Å². The largest absolute Gasteiger partial charge is 0.466 e. The summed E-state index contributed by atoms with van der Waals surface area (Å²) in [4.78, 5) is 24.6. The molecule has 0 aliphatic heterocycles. The second kappa shape index (κ2) is 62.9. The molecule has 73 heavy (non-hydrogen) atoms. The van der Waals surface area contributed by atoms with Gasteiger partial charge in [-0.05, 0) is 77.0 Å². The first-order valence-corrected chi connectivity index (χ1v) is 33.1. The van der Waals surface area contributed by atoms with Crippen molar-refractivity contribution in [1.29, 1.82) is 0 Å². The maximum atomic E-state index is 12.5. The summed E-state index contributed by atoms with van der Waals surface area (Å²) >= 11 is 0. The van der Waals surface area contributed by atoms with Gasteiger partial charge in [-0.2, -0.15) is 0 Å². The van der Waals surface area contributed by atoms with Crippen LogP contribution >= 0.6 is 0 Å². The molecule has 0 heterocycles. The van der Waals surface area contributed by atoms with Crippen molar-refractivity contribution in [2.75, 3.05) is 13.2 Å². The molecule has 0 aromatic rings. The lowest BCUT2D eigenvalue weighted by atomic mass is 10.0. The predicted molar refractivity (Wildman–Crippen MR) is 320 cm³/mol. The van der Waals surface area contributed by atoms with Crippen molar-refractivity contribution in [3.8, 4) is 0 Å². The molecular weight excluding hydrogens is 899 g/mol. The van der Waals surface area contributed by atoms with E-state index in [1.165, 1.54) is 289 Å². The van der Waals surface area contributed by atoms with Gasteiger partial charge in [-0.25, -0.2) is 0 Å². The maximum absolute atomic E-state index is 12.5. The van der Waals surface area contributed by atoms with Crippen LogP contribution in [0.15, 0.2) is 24.3 Å². The molecule has 2 atom stereocenters. The summed E-state index contributed by atoms with van der Waals surface area (Å²) in [6, 6.07) is -0.549. The van der Waals surface area contributed by atoms with E-state index in [1.54, 1.807) is 0 Å². The van der Waals surface area contributed by atoms with Crippen LogP contribution in [0.4, 0.5) is 0 Å². The van der Waals surface area contributed by atoms with Crippen LogP contribution in [0.5, 0.6) is 0 Å². The van der Waals surface area contributed by atoms with Crippen LogP contribution in [-0.4, -0.2) is 47.4 Å². The molecule has 0 aromatic heterocycles. The number of esters is 1. The Hall–Kier alpha value is -1.66. The van der Waals surface area contributed by atoms with Gasteiger partial charge >= 0.3 is 5.97 Å². The number of aliphatic hydroxyl groups is 2. The smallest absolute Gasteiger partial charge is 0.305 e. The fourth-order valence-electron chi connectivity index (χ4n) is 10.4. The number of unbranched alkanes of at least 4 members (excludes halogenated alkanes) is 47. The van der Waals surface area contributed by atoms with E-state index in [4.69, 9.17) is 4.74 Å². The molecular formula is C67H129NO5. The van der Waals surface area contributed by atoms with Gasteiger partial charge in [0.1, 0.15) is 0 Å². The van der Waals surface area contributed by atoms with Crippen LogP contribution < -0.4 is 5.32 Å². The van der Waals surface area contributed by atoms with Crippen molar-refractivity contribution in [2.24, 2.45) is 0 Å². The molecule has 0 aromatic carbocycles. The molecule has 0 saturated heterocycles. The molecule has 2 unspecified atom stereocenters. The van der Waals surface area contributed by atoms with Gasteiger partial charge in [0.2, 0.25) is 5.91 Å². The number of carbonyl (C=O) groups is 2. The van der Waals surface area contributed by atoms with Gasteiger partial charge in [-0.1, -0.05) is 301 Å². The molecule has 0 aliphatic rings. The highest BCUT2D eigenvalue weighted by atomic mass is 16.5. The zero-order valence-electron chi connectivity index (χ0n) is 49.4. The molecule has 0 fully saturated rings. The van der Waals surface area contributed by atoms with Crippen molar-refractivity contribution in [3.63, 3.8) is 0 Å². The van der Waals surface area contributed by atoms with Gasteiger partial charge < -0.3 is 20.3 Å². The quantitative estimate of drug-likeness (QED) is 0.0320. The second-order valence-electron chi connectivity index (χ2n) is 22.8. The van der Waals surface area contributed by atoms with Crippen LogP contribution in [0.25, 0.3) is 0 Å². The van der Waals surface area contributed by atoms with Crippen molar-refractivity contribution in [3.05, 3.63) is 24.3 Å². The molecule has 3 N–H and O–H groups in total. The molecule has 0 radical (unpaired) electrons. The number of carbonyl (C=O) groups excluding carboxylic acids is 2. The van der Waals surface area contributed by atoms with E-state index in [9.17, 15) is 19.8 Å². The van der Waals surface area contributed by atoms with Crippen molar-refractivity contribution in [2.45, 2.75) is 379 Å². The molecule has 0 saturated carbocycles. The minimum Gasteiger partial charge on any atom is -0.466 e. The zero-order valence-corrected chi connectivity index (χ0v) is 49.4. The molecule has 0 bridgehead atoms. The van der Waals surface area contributed by atoms with E-state index in [-0.39, 0.29) is 18.5 Å². The van der Waals surface area contributed by atoms with E-state index in [0.29, 0.717) is 25.9 Å². The Morgan fingerprint density at radius 2 is 0.644 bits per heavy atom. The average molecular weight is 1030 g/mol. The number of rotatable bonds is 62. The summed E-state index contributed by atoms with van der Waals surface area (Å²) in [5, 5.41) is 23.3. The van der Waals surface area contributed by atoms with E-state index in [2.05, 4.69) is 43.5 Å². The average Bonchev–Trinajstić information content (AvgIpc) is 3.39. The van der Waals surface area contributed by atoms with Gasteiger partial charge in [0.15, 0.2) is 0 Å². The van der Waals surface area contributed by atoms with Crippen molar-refractivity contribution < 1.29 is 24.5 Å². The maximum Gasteiger partial charge on any atom is 0.305 e. The summed E-state index contributed by atoms with van der Waals surface area (Å²) in [7, 11) is 0. The van der Waals surface area contributed by atoms with Gasteiger partial charge in [0.25, 0.3) is 0 Å². The summed E-state index contributed by atoms with van der Waals surface area (Å²) < 4.78 is 5.50. The molecule has 0 aliphatic carbocycles. The predicted octanol–water partition coefficient (Wildman–Crippen LogP) is 21.0. The van der Waals surface area contributed by atoms with Crippen LogP contribution in [0.3, 0.4) is 0 Å². The first kappa shape index (κ1) is 71.3. The normalized spacial score (nSPS) is 12.7. The summed E-state index contributed by atoms with van der Waals surface area (Å²) in [6.45, 7) is 4.97. The third kappa shape index (κ3) is 59.4. The van der Waals surface area contributed by atoms with Crippen molar-refractivity contribution in [1.82, 2.24) is 5.32 Å². The minimum absolute atomic E-state index is 0.00434. The number of hydrogen-bond acceptors (Lipinski definition) is 5. The van der Waals surface area contributed by atoms with Crippen LogP contribution in [0, 0.1) is 0 Å². The highest BCUT2D eigenvalue weighted by Gasteiger charge is 2.20. The first-order chi connectivity index (χ1) is 36.0. The molecule has 6 heteroatoms. The fourth-order valence-corrected chi connectivity index (χ4v) is 10.4. The Morgan fingerprint density at radius 3 is 0.973 bits per heavy atom. The highest BCUT2D eigenvalue weighted by Crippen LogP contribution is 2.18. The minimum atomic E-state index is -0.671. The number of aliphatic hydroxyl groups excluding tert-OH is 2. The lowest BCUT2D eigenvalue weighted by molar-refractivity contribution is -0.143. The lowest BCUT2D eigenvalue weighted by Crippen LogP contribution is -2.45. The third-order valence-corrected chi connectivity index (χ3v) is 15.5. The zero-order chi connectivity index (χ0) is 52.9. The SMILES string of the molecule is CCCCCCCC/C=C\CCCCCCCCCCCC(=O)OCCCCCCCCCC/C=C\CCCCCCCCCC(=O)NC(CO)C(O)CCCCCCCCCCCCCCCCCCCC. The van der Waals surface area contributed by atoms with Gasteiger partial charge in [0.05, 0.1) is 25.4 Å². The molecule has 1 amide bonds.